The molecule has 3 aromatic rings. The molecule has 2 heterocycles. The van der Waals surface area contributed by atoms with Crippen molar-refractivity contribution in [2.24, 2.45) is 5.92 Å². The van der Waals surface area contributed by atoms with Gasteiger partial charge in [-0.25, -0.2) is 9.18 Å². The summed E-state index contributed by atoms with van der Waals surface area (Å²) in [5.41, 5.74) is 3.45. The molecule has 2 aromatic carbocycles. The summed E-state index contributed by atoms with van der Waals surface area (Å²) in [6, 6.07) is 4.70. The molecule has 2 aliphatic rings. The predicted octanol–water partition coefficient (Wildman–Crippen LogP) is 7.08. The first kappa shape index (κ1) is 37.9. The number of alkyl halides is 3. The average Bonchev–Trinajstić information content (AvgIpc) is 3.52. The minimum absolute atomic E-state index is 0.0392. The van der Waals surface area contributed by atoms with Crippen LogP contribution < -0.4 is 10.9 Å². The lowest BCUT2D eigenvalue weighted by molar-refractivity contribution is -0.149. The van der Waals surface area contributed by atoms with Gasteiger partial charge in [-0.1, -0.05) is 19.9 Å². The Morgan fingerprint density at radius 3 is 2.24 bits per heavy atom. The first-order chi connectivity index (χ1) is 23.9. The summed E-state index contributed by atoms with van der Waals surface area (Å²) in [5, 5.41) is 12.4. The van der Waals surface area contributed by atoms with E-state index >= 15 is 0 Å². The smallest absolute Gasteiger partial charge is 0.416 e. The number of carbonyl (C=O) groups is 3. The van der Waals surface area contributed by atoms with E-state index < -0.39 is 59.4 Å². The Morgan fingerprint density at radius 2 is 1.65 bits per heavy atom. The predicted molar refractivity (Wildman–Crippen MR) is 185 cm³/mol. The Kier molecular flexibility index (Phi) is 11.2. The third-order valence-corrected chi connectivity index (χ3v) is 10.3. The number of carboxylic acid groups (broad SMARTS) is 1. The Bertz CT molecular complexity index is 1870. The first-order valence-corrected chi connectivity index (χ1v) is 17.5. The largest absolute Gasteiger partial charge is 0.475 e. The van der Waals surface area contributed by atoms with Crippen LogP contribution in [-0.4, -0.2) is 52.4 Å². The minimum Gasteiger partial charge on any atom is -0.475 e. The zero-order valence-electron chi connectivity index (χ0n) is 29.6. The van der Waals surface area contributed by atoms with Crippen LogP contribution >= 0.6 is 0 Å². The molecule has 0 bridgehead atoms. The van der Waals surface area contributed by atoms with Crippen molar-refractivity contribution < 1.29 is 37.1 Å². The zero-order valence-corrected chi connectivity index (χ0v) is 29.6. The van der Waals surface area contributed by atoms with Crippen LogP contribution in [0.25, 0.3) is 11.1 Å². The minimum atomic E-state index is -4.78. The number of aromatic nitrogens is 1. The lowest BCUT2D eigenvalue weighted by Gasteiger charge is -2.32. The maximum absolute atomic E-state index is 14.3. The van der Waals surface area contributed by atoms with E-state index in [1.165, 1.54) is 18.3 Å². The van der Waals surface area contributed by atoms with Crippen molar-refractivity contribution in [2.45, 2.75) is 96.8 Å². The van der Waals surface area contributed by atoms with Gasteiger partial charge in [0.1, 0.15) is 11.9 Å². The number of piperidine rings is 1. The number of nitrogens with one attached hydrogen (secondary N) is 1. The number of aryl methyl sites for hydroxylation is 3. The number of Topliss-reactive ketones (excluding diaryl/α,β-unsaturated/α-hetero) is 1. The highest BCUT2D eigenvalue weighted by Gasteiger charge is 2.38. The van der Waals surface area contributed by atoms with E-state index in [9.17, 15) is 41.8 Å². The van der Waals surface area contributed by atoms with Gasteiger partial charge >= 0.3 is 12.1 Å². The summed E-state index contributed by atoms with van der Waals surface area (Å²) in [7, 11) is 1.89. The molecule has 0 radical (unpaired) electrons. The second-order valence-corrected chi connectivity index (χ2v) is 14.6. The second kappa shape index (κ2) is 15.1. The number of nitrogens with zero attached hydrogens (tertiary/aromatic N) is 2. The molecule has 274 valence electrons. The number of rotatable bonds is 11. The molecule has 1 unspecified atom stereocenters. The monoisotopic (exact) mass is 711 g/mol. The maximum Gasteiger partial charge on any atom is 0.416 e. The van der Waals surface area contributed by atoms with E-state index in [0.717, 1.165) is 39.7 Å². The fourth-order valence-electron chi connectivity index (χ4n) is 7.77. The van der Waals surface area contributed by atoms with E-state index in [0.29, 0.717) is 55.1 Å². The van der Waals surface area contributed by atoms with Crippen molar-refractivity contribution in [2.75, 3.05) is 20.1 Å². The van der Waals surface area contributed by atoms with E-state index in [4.69, 9.17) is 0 Å². The summed E-state index contributed by atoms with van der Waals surface area (Å²) in [4.78, 5) is 54.3. The number of likely N-dealkylation sites (tertiary alicyclic amines) is 1. The van der Waals surface area contributed by atoms with Crippen LogP contribution in [0.15, 0.2) is 41.3 Å². The standard InChI is InChI=1S/C39H45F4N3O5/c1-21(2)13-33(46-20-30(24-9-11-45(5)12-10-24)31(18-35(46)48)39(41,42)43)37(49)44-32(19-34(47)38(50)51)26-16-25-7-6-8-28(25)29(17-26)36-22(3)14-27(40)15-23(36)4/h14-18,20-21,24,32-33H,6-13,19H2,1-5H3,(H,44,49)(H,50,51)/t32?,33-/m0/s1. The summed E-state index contributed by atoms with van der Waals surface area (Å²) >= 11 is 0. The number of benzene rings is 2. The second-order valence-electron chi connectivity index (χ2n) is 14.6. The van der Waals surface area contributed by atoms with Crippen LogP contribution in [0, 0.1) is 25.6 Å². The maximum atomic E-state index is 14.3. The molecule has 1 aliphatic heterocycles. The van der Waals surface area contributed by atoms with Crippen molar-refractivity contribution in [3.05, 3.63) is 91.6 Å². The third-order valence-electron chi connectivity index (χ3n) is 10.3. The molecule has 5 rings (SSSR count). The van der Waals surface area contributed by atoms with Crippen LogP contribution in [-0.2, 0) is 33.4 Å². The number of fused-ring (bicyclic) bond motifs is 1. The van der Waals surface area contributed by atoms with Gasteiger partial charge in [0.2, 0.25) is 11.7 Å². The van der Waals surface area contributed by atoms with Crippen LogP contribution in [0.2, 0.25) is 0 Å². The topological polar surface area (TPSA) is 109 Å². The molecule has 1 saturated heterocycles. The third kappa shape index (κ3) is 8.43. The number of halogens is 4. The van der Waals surface area contributed by atoms with Gasteiger partial charge in [-0.15, -0.1) is 0 Å². The lowest BCUT2D eigenvalue weighted by Crippen LogP contribution is -2.41. The van der Waals surface area contributed by atoms with Gasteiger partial charge in [-0.05, 0) is 147 Å². The molecule has 0 saturated carbocycles. The normalized spacial score (nSPS) is 16.6. The van der Waals surface area contributed by atoms with Gasteiger partial charge in [0.15, 0.2) is 0 Å². The van der Waals surface area contributed by atoms with E-state index in [1.807, 2.05) is 31.9 Å². The van der Waals surface area contributed by atoms with Crippen molar-refractivity contribution in [1.82, 2.24) is 14.8 Å². The number of carbonyl (C=O) groups excluding carboxylic acids is 2. The van der Waals surface area contributed by atoms with E-state index in [2.05, 4.69) is 5.32 Å². The number of hydrogen-bond donors (Lipinski definition) is 2. The van der Waals surface area contributed by atoms with Crippen LogP contribution in [0.1, 0.15) is 103 Å². The van der Waals surface area contributed by atoms with Gasteiger partial charge in [0, 0.05) is 18.7 Å². The average molecular weight is 712 g/mol. The summed E-state index contributed by atoms with van der Waals surface area (Å²) in [6.07, 6.45) is -0.884. The highest BCUT2D eigenvalue weighted by atomic mass is 19.4. The van der Waals surface area contributed by atoms with Gasteiger partial charge in [-0.3, -0.25) is 14.4 Å². The SMILES string of the molecule is Cc1cc(F)cc(C)c1-c1cc(C(CC(=O)C(=O)O)NC(=O)[C@H](CC(C)C)n2cc(C3CCN(C)CC3)c(C(F)(F)F)cc2=O)cc2c1CCC2. The van der Waals surface area contributed by atoms with Gasteiger partial charge in [-0.2, -0.15) is 13.2 Å². The Balaban J connectivity index is 1.60. The van der Waals surface area contributed by atoms with Crippen molar-refractivity contribution in [3.63, 3.8) is 0 Å². The lowest BCUT2D eigenvalue weighted by atomic mass is 9.86. The van der Waals surface area contributed by atoms with Crippen molar-refractivity contribution in [3.8, 4) is 11.1 Å². The number of ketones is 1. The number of amides is 1. The van der Waals surface area contributed by atoms with E-state index in [1.54, 1.807) is 19.9 Å². The van der Waals surface area contributed by atoms with Gasteiger partial charge in [0.05, 0.1) is 11.6 Å². The van der Waals surface area contributed by atoms with Gasteiger partial charge in [0.25, 0.3) is 5.56 Å². The Morgan fingerprint density at radius 1 is 1.00 bits per heavy atom. The highest BCUT2D eigenvalue weighted by molar-refractivity contribution is 6.32. The molecule has 2 atom stereocenters. The van der Waals surface area contributed by atoms with Gasteiger partial charge < -0.3 is 19.9 Å². The molecule has 1 fully saturated rings. The fraction of sp³-hybridized carbons (Fsp3) is 0.487. The Hall–Kier alpha value is -4.32. The number of aliphatic carboxylic acids is 1. The van der Waals surface area contributed by atoms with Crippen LogP contribution in [0.4, 0.5) is 17.6 Å². The summed E-state index contributed by atoms with van der Waals surface area (Å²) < 4.78 is 58.2. The summed E-state index contributed by atoms with van der Waals surface area (Å²) in [6.45, 7) is 8.39. The molecule has 12 heteroatoms. The molecule has 51 heavy (non-hydrogen) atoms. The highest BCUT2D eigenvalue weighted by Crippen LogP contribution is 2.41. The van der Waals surface area contributed by atoms with Crippen molar-refractivity contribution >= 4 is 17.7 Å². The zero-order chi connectivity index (χ0) is 37.4. The molecule has 0 spiro atoms. The molecular weight excluding hydrogens is 666 g/mol. The number of carboxylic acids is 1. The Labute approximate surface area is 294 Å². The summed E-state index contributed by atoms with van der Waals surface area (Å²) in [5.74, 6) is -4.57. The molecule has 1 amide bonds. The van der Waals surface area contributed by atoms with E-state index in [-0.39, 0.29) is 23.7 Å². The molecule has 8 nitrogen and oxygen atoms in total. The van der Waals surface area contributed by atoms with Crippen molar-refractivity contribution in [1.29, 1.82) is 0 Å². The fourth-order valence-corrected chi connectivity index (χ4v) is 7.77. The quantitative estimate of drug-likeness (QED) is 0.163. The molecule has 2 N–H and O–H groups in total. The molecule has 1 aromatic heterocycles. The molecule has 1 aliphatic carbocycles. The van der Waals surface area contributed by atoms with Crippen LogP contribution in [0.5, 0.6) is 0 Å². The molecular formula is C39H45F4N3O5. The number of pyridine rings is 1. The first-order valence-electron chi connectivity index (χ1n) is 17.5. The number of hydrogen-bond acceptors (Lipinski definition) is 5. The van der Waals surface area contributed by atoms with Crippen LogP contribution in [0.3, 0.4) is 0 Å².